The fourth-order valence-corrected chi connectivity index (χ4v) is 5.62. The van der Waals surface area contributed by atoms with Crippen molar-refractivity contribution in [3.05, 3.63) is 24.3 Å². The predicted octanol–water partition coefficient (Wildman–Crippen LogP) is 2.33. The van der Waals surface area contributed by atoms with Crippen molar-refractivity contribution in [1.29, 1.82) is 0 Å². The summed E-state index contributed by atoms with van der Waals surface area (Å²) in [6, 6.07) is 7.21. The lowest BCUT2D eigenvalue weighted by Crippen LogP contribution is -2.17. The Morgan fingerprint density at radius 3 is 2.59 bits per heavy atom. The van der Waals surface area contributed by atoms with Crippen LogP contribution in [0.4, 0.5) is 5.69 Å². The second-order valence-electron chi connectivity index (χ2n) is 5.58. The molecule has 1 N–H and O–H groups in total. The van der Waals surface area contributed by atoms with E-state index in [-0.39, 0.29) is 34.5 Å². The third-order valence-corrected chi connectivity index (χ3v) is 6.43. The van der Waals surface area contributed by atoms with Gasteiger partial charge in [0.05, 0.1) is 23.4 Å². The van der Waals surface area contributed by atoms with Gasteiger partial charge in [-0.2, -0.15) is 0 Å². The van der Waals surface area contributed by atoms with Gasteiger partial charge in [-0.15, -0.1) is 11.8 Å². The summed E-state index contributed by atoms with van der Waals surface area (Å²) in [5.74, 6) is 1.34. The van der Waals surface area contributed by atoms with Crippen LogP contribution in [-0.2, 0) is 14.6 Å². The van der Waals surface area contributed by atoms with Crippen LogP contribution in [0.2, 0.25) is 0 Å². The van der Waals surface area contributed by atoms with E-state index in [1.54, 1.807) is 12.1 Å². The molecule has 1 fully saturated rings. The maximum absolute atomic E-state index is 11.9. The maximum atomic E-state index is 11.9. The molecule has 0 aliphatic carbocycles. The molecule has 0 aromatic heterocycles. The molecule has 0 spiro atoms. The van der Waals surface area contributed by atoms with E-state index in [0.29, 0.717) is 12.1 Å². The van der Waals surface area contributed by atoms with Crippen molar-refractivity contribution in [3.8, 4) is 5.75 Å². The molecule has 5 nitrogen and oxygen atoms in total. The largest absolute Gasteiger partial charge is 0.491 e. The van der Waals surface area contributed by atoms with E-state index in [0.717, 1.165) is 5.75 Å². The first-order valence-electron chi connectivity index (χ1n) is 7.23. The van der Waals surface area contributed by atoms with Gasteiger partial charge in [-0.25, -0.2) is 8.42 Å². The smallest absolute Gasteiger partial charge is 0.234 e. The zero-order valence-electron chi connectivity index (χ0n) is 12.7. The Morgan fingerprint density at radius 2 is 2.05 bits per heavy atom. The molecule has 2 rings (SSSR count). The summed E-state index contributed by atoms with van der Waals surface area (Å²) in [4.78, 5) is 11.9. The van der Waals surface area contributed by atoms with Crippen LogP contribution in [0.3, 0.4) is 0 Å². The highest BCUT2D eigenvalue weighted by Crippen LogP contribution is 2.24. The van der Waals surface area contributed by atoms with Crippen LogP contribution in [-0.4, -0.2) is 42.9 Å². The van der Waals surface area contributed by atoms with Crippen LogP contribution in [0.1, 0.15) is 20.3 Å². The summed E-state index contributed by atoms with van der Waals surface area (Å²) in [6.07, 6.45) is 0.751. The molecule has 1 saturated heterocycles. The Bertz CT molecular complexity index is 611. The molecular formula is C15H21NO4S2. The van der Waals surface area contributed by atoms with Gasteiger partial charge in [0.2, 0.25) is 5.91 Å². The van der Waals surface area contributed by atoms with E-state index >= 15 is 0 Å². The summed E-state index contributed by atoms with van der Waals surface area (Å²) < 4.78 is 28.3. The normalized spacial score (nSPS) is 20.0. The molecule has 0 saturated carbocycles. The van der Waals surface area contributed by atoms with Gasteiger partial charge < -0.3 is 10.1 Å². The van der Waals surface area contributed by atoms with Crippen LogP contribution in [0.25, 0.3) is 0 Å². The van der Waals surface area contributed by atoms with E-state index in [4.69, 9.17) is 4.74 Å². The van der Waals surface area contributed by atoms with Gasteiger partial charge in [0.25, 0.3) is 0 Å². The fraction of sp³-hybridized carbons (Fsp3) is 0.533. The van der Waals surface area contributed by atoms with Crippen molar-refractivity contribution >= 4 is 33.2 Å². The molecule has 7 heteroatoms. The molecule has 1 aromatic rings. The molecule has 122 valence electrons. The topological polar surface area (TPSA) is 72.5 Å². The van der Waals surface area contributed by atoms with E-state index in [9.17, 15) is 13.2 Å². The second-order valence-corrected chi connectivity index (χ2v) is 9.09. The molecule has 1 amide bonds. The summed E-state index contributed by atoms with van der Waals surface area (Å²) >= 11 is 1.41. The highest BCUT2D eigenvalue weighted by molar-refractivity contribution is 8.02. The van der Waals surface area contributed by atoms with Crippen LogP contribution in [0.5, 0.6) is 5.75 Å². The minimum Gasteiger partial charge on any atom is -0.491 e. The number of carbonyl (C=O) groups is 1. The monoisotopic (exact) mass is 343 g/mol. The third-order valence-electron chi connectivity index (χ3n) is 3.15. The molecule has 1 atom stereocenters. The minimum atomic E-state index is -2.88. The Morgan fingerprint density at radius 1 is 1.36 bits per heavy atom. The van der Waals surface area contributed by atoms with Gasteiger partial charge >= 0.3 is 0 Å². The lowest BCUT2D eigenvalue weighted by Gasteiger charge is -2.11. The number of carbonyl (C=O) groups excluding carboxylic acids is 1. The van der Waals surface area contributed by atoms with E-state index in [2.05, 4.69) is 5.32 Å². The second kappa shape index (κ2) is 7.37. The molecule has 22 heavy (non-hydrogen) atoms. The van der Waals surface area contributed by atoms with Crippen molar-refractivity contribution in [2.24, 2.45) is 0 Å². The maximum Gasteiger partial charge on any atom is 0.234 e. The first-order chi connectivity index (χ1) is 10.3. The standard InChI is InChI=1S/C15H21NO4S2/c1-11(2)20-13-5-3-12(4-6-13)16-15(17)9-21-14-7-8-22(18,19)10-14/h3-6,11,14H,7-10H2,1-2H3,(H,16,17)/t14-/m0/s1. The Labute approximate surface area is 135 Å². The Kier molecular flexibility index (Phi) is 5.74. The number of hydrogen-bond acceptors (Lipinski definition) is 5. The Hall–Kier alpha value is -1.21. The number of anilines is 1. The fourth-order valence-electron chi connectivity index (χ4n) is 2.17. The lowest BCUT2D eigenvalue weighted by atomic mass is 10.3. The average molecular weight is 343 g/mol. The van der Waals surface area contributed by atoms with E-state index in [1.165, 1.54) is 11.8 Å². The van der Waals surface area contributed by atoms with Gasteiger partial charge in [-0.3, -0.25) is 4.79 Å². The van der Waals surface area contributed by atoms with Gasteiger partial charge in [-0.05, 0) is 44.5 Å². The zero-order valence-corrected chi connectivity index (χ0v) is 14.4. The predicted molar refractivity (Wildman–Crippen MR) is 90.4 cm³/mol. The quantitative estimate of drug-likeness (QED) is 0.858. The van der Waals surface area contributed by atoms with Gasteiger partial charge in [0, 0.05) is 10.9 Å². The van der Waals surface area contributed by atoms with E-state index < -0.39 is 9.84 Å². The number of hydrogen-bond donors (Lipinski definition) is 1. The molecule has 0 bridgehead atoms. The number of rotatable bonds is 6. The van der Waals surface area contributed by atoms with Crippen molar-refractivity contribution in [2.75, 3.05) is 22.6 Å². The lowest BCUT2D eigenvalue weighted by molar-refractivity contribution is -0.113. The first-order valence-corrected chi connectivity index (χ1v) is 10.1. The van der Waals surface area contributed by atoms with E-state index in [1.807, 2.05) is 26.0 Å². The Balaban J connectivity index is 1.77. The van der Waals surface area contributed by atoms with Crippen molar-refractivity contribution in [2.45, 2.75) is 31.6 Å². The third kappa shape index (κ3) is 5.53. The molecular weight excluding hydrogens is 322 g/mol. The van der Waals surface area contributed by atoms with Gasteiger partial charge in [0.1, 0.15) is 5.75 Å². The highest BCUT2D eigenvalue weighted by Gasteiger charge is 2.28. The molecule has 0 unspecified atom stereocenters. The number of thioether (sulfide) groups is 1. The summed E-state index contributed by atoms with van der Waals surface area (Å²) in [5.41, 5.74) is 0.709. The molecule has 1 heterocycles. The minimum absolute atomic E-state index is 0.0394. The number of benzene rings is 1. The van der Waals surface area contributed by atoms with Crippen LogP contribution in [0.15, 0.2) is 24.3 Å². The van der Waals surface area contributed by atoms with Crippen molar-refractivity contribution in [3.63, 3.8) is 0 Å². The number of nitrogens with one attached hydrogen (secondary N) is 1. The molecule has 1 aliphatic heterocycles. The first kappa shape index (κ1) is 17.1. The molecule has 1 aliphatic rings. The van der Waals surface area contributed by atoms with Crippen molar-refractivity contribution < 1.29 is 17.9 Å². The van der Waals surface area contributed by atoms with Gasteiger partial charge in [0.15, 0.2) is 9.84 Å². The number of amides is 1. The number of ether oxygens (including phenoxy) is 1. The summed E-state index contributed by atoms with van der Waals surface area (Å²) in [7, 11) is -2.88. The van der Waals surface area contributed by atoms with Crippen LogP contribution >= 0.6 is 11.8 Å². The molecule has 1 aromatic carbocycles. The van der Waals surface area contributed by atoms with Crippen molar-refractivity contribution in [1.82, 2.24) is 0 Å². The van der Waals surface area contributed by atoms with Gasteiger partial charge in [-0.1, -0.05) is 0 Å². The summed E-state index contributed by atoms with van der Waals surface area (Å²) in [6.45, 7) is 3.91. The molecule has 0 radical (unpaired) electrons. The van der Waals surface area contributed by atoms with Crippen LogP contribution < -0.4 is 10.1 Å². The zero-order chi connectivity index (χ0) is 16.2. The highest BCUT2D eigenvalue weighted by atomic mass is 32.2. The average Bonchev–Trinajstić information content (AvgIpc) is 2.78. The summed E-state index contributed by atoms with van der Waals surface area (Å²) in [5, 5.41) is 2.84. The SMILES string of the molecule is CC(C)Oc1ccc(NC(=O)CS[C@H]2CCS(=O)(=O)C2)cc1. The van der Waals surface area contributed by atoms with Crippen LogP contribution in [0, 0.1) is 0 Å². The number of sulfone groups is 1.